The number of benzene rings is 1. The Kier molecular flexibility index (Phi) is 10.1. The molecule has 1 fully saturated rings. The molecule has 0 bridgehead atoms. The molecule has 2 aliphatic heterocycles. The van der Waals surface area contributed by atoms with Crippen LogP contribution in [0.4, 0.5) is 10.1 Å². The number of aromatic nitrogens is 1. The minimum atomic E-state index is -0.377. The molecule has 3 heterocycles. The second-order valence-electron chi connectivity index (χ2n) is 9.59. The van der Waals surface area contributed by atoms with Crippen LogP contribution in [-0.4, -0.2) is 91.9 Å². The first-order valence-corrected chi connectivity index (χ1v) is 11.8. The maximum absolute atomic E-state index is 14.1. The van der Waals surface area contributed by atoms with Crippen molar-refractivity contribution in [2.24, 2.45) is 0 Å². The normalized spacial score (nSPS) is 16.9. The Bertz CT molecular complexity index is 1140. The van der Waals surface area contributed by atoms with Crippen LogP contribution in [0.15, 0.2) is 18.2 Å². The summed E-state index contributed by atoms with van der Waals surface area (Å²) in [6.07, 6.45) is 2.59. The van der Waals surface area contributed by atoms with Gasteiger partial charge < -0.3 is 24.6 Å². The first-order valence-electron chi connectivity index (χ1n) is 11.8. The lowest BCUT2D eigenvalue weighted by molar-refractivity contribution is -0.113. The summed E-state index contributed by atoms with van der Waals surface area (Å²) < 4.78 is 14.1. The largest absolute Gasteiger partial charge is 0.358 e. The van der Waals surface area contributed by atoms with E-state index in [4.69, 9.17) is 0 Å². The molecule has 0 saturated carbocycles. The van der Waals surface area contributed by atoms with E-state index in [1.54, 1.807) is 17.0 Å². The highest BCUT2D eigenvalue weighted by Gasteiger charge is 2.33. The Balaban J connectivity index is 0.00000228. The fourth-order valence-corrected chi connectivity index (χ4v) is 4.79. The number of rotatable bonds is 6. The van der Waals surface area contributed by atoms with Crippen LogP contribution in [0, 0.1) is 19.7 Å². The number of likely N-dealkylation sites (N-methyl/N-ethyl adjacent to an activating group) is 1. The zero-order valence-electron chi connectivity index (χ0n) is 21.6. The van der Waals surface area contributed by atoms with Gasteiger partial charge in [-0.1, -0.05) is 0 Å². The minimum Gasteiger partial charge on any atom is -0.358 e. The van der Waals surface area contributed by atoms with Gasteiger partial charge in [-0.15, -0.1) is 24.8 Å². The Hall–Kier alpha value is -2.39. The number of hydrogen-bond acceptors (Lipinski definition) is 4. The number of aromatic amines is 1. The van der Waals surface area contributed by atoms with E-state index >= 15 is 0 Å². The number of halogens is 3. The van der Waals surface area contributed by atoms with Crippen molar-refractivity contribution in [2.75, 3.05) is 65.3 Å². The SMILES string of the molecule is Cc1[nH]c(/C=C2\C(=O)N(CCCN(C)C)c3ccc(F)cc32)c(C)c1C(=O)N1CCN(C)CC1.Cl.Cl. The third-order valence-corrected chi connectivity index (χ3v) is 6.77. The Labute approximate surface area is 225 Å². The zero-order chi connectivity index (χ0) is 24.6. The predicted molar refractivity (Wildman–Crippen MR) is 148 cm³/mol. The molecule has 10 heteroatoms. The van der Waals surface area contributed by atoms with Crippen molar-refractivity contribution >= 4 is 54.0 Å². The standard InChI is InChI=1S/C26H34FN5O2.2ClH/c1-17-22(28-18(2)24(17)26(34)31-13-11-30(5)12-14-31)16-21-20-15-19(27)7-8-23(20)32(25(21)33)10-6-9-29(3)4;;/h7-8,15-16,28H,6,9-14H2,1-5H3;2*1H/b21-16-;;. The summed E-state index contributed by atoms with van der Waals surface area (Å²) in [5, 5.41) is 0. The Morgan fingerprint density at radius 2 is 1.81 bits per heavy atom. The molecule has 2 aromatic rings. The summed E-state index contributed by atoms with van der Waals surface area (Å²) in [4.78, 5) is 37.9. The number of carbonyl (C=O) groups is 2. The number of anilines is 1. The number of carbonyl (C=O) groups excluding carboxylic acids is 2. The maximum atomic E-state index is 14.1. The number of fused-ring (bicyclic) bond motifs is 1. The highest BCUT2D eigenvalue weighted by molar-refractivity contribution is 6.35. The summed E-state index contributed by atoms with van der Waals surface area (Å²) >= 11 is 0. The molecule has 1 saturated heterocycles. The number of nitrogens with zero attached hydrogens (tertiary/aromatic N) is 4. The van der Waals surface area contributed by atoms with E-state index < -0.39 is 0 Å². The Morgan fingerprint density at radius 3 is 2.44 bits per heavy atom. The van der Waals surface area contributed by atoms with E-state index in [9.17, 15) is 14.0 Å². The van der Waals surface area contributed by atoms with Crippen LogP contribution in [0.5, 0.6) is 0 Å². The summed E-state index contributed by atoms with van der Waals surface area (Å²) in [5.74, 6) is -0.505. The number of H-pyrrole nitrogens is 1. The lowest BCUT2D eigenvalue weighted by atomic mass is 10.0. The summed E-state index contributed by atoms with van der Waals surface area (Å²) in [6.45, 7) is 8.30. The van der Waals surface area contributed by atoms with Gasteiger partial charge in [0.2, 0.25) is 0 Å². The molecule has 1 aromatic heterocycles. The smallest absolute Gasteiger partial charge is 0.259 e. The molecule has 7 nitrogen and oxygen atoms in total. The van der Waals surface area contributed by atoms with Gasteiger partial charge in [-0.2, -0.15) is 0 Å². The number of nitrogens with one attached hydrogen (secondary N) is 1. The van der Waals surface area contributed by atoms with Crippen LogP contribution in [0.3, 0.4) is 0 Å². The lowest BCUT2D eigenvalue weighted by Crippen LogP contribution is -2.47. The van der Waals surface area contributed by atoms with Crippen molar-refractivity contribution in [3.63, 3.8) is 0 Å². The summed E-state index contributed by atoms with van der Waals surface area (Å²) in [5.41, 5.74) is 4.72. The molecule has 2 amide bonds. The van der Waals surface area contributed by atoms with Crippen molar-refractivity contribution in [1.29, 1.82) is 0 Å². The van der Waals surface area contributed by atoms with E-state index in [1.165, 1.54) is 12.1 Å². The molecule has 4 rings (SSSR count). The van der Waals surface area contributed by atoms with Crippen LogP contribution in [0.1, 0.15) is 39.3 Å². The number of piperazine rings is 1. The molecule has 198 valence electrons. The average molecular weight is 541 g/mol. The van der Waals surface area contributed by atoms with E-state index in [0.29, 0.717) is 42.0 Å². The van der Waals surface area contributed by atoms with E-state index in [0.717, 1.165) is 43.0 Å². The molecule has 0 atom stereocenters. The van der Waals surface area contributed by atoms with Crippen molar-refractivity contribution in [1.82, 2.24) is 19.7 Å². The lowest BCUT2D eigenvalue weighted by Gasteiger charge is -2.32. The molecule has 1 N–H and O–H groups in total. The van der Waals surface area contributed by atoms with Gasteiger partial charge in [0.1, 0.15) is 5.82 Å². The average Bonchev–Trinajstić information content (AvgIpc) is 3.21. The fourth-order valence-electron chi connectivity index (χ4n) is 4.79. The predicted octanol–water partition coefficient (Wildman–Crippen LogP) is 3.84. The number of aryl methyl sites for hydroxylation is 1. The molecule has 36 heavy (non-hydrogen) atoms. The van der Waals surface area contributed by atoms with Crippen LogP contribution >= 0.6 is 24.8 Å². The van der Waals surface area contributed by atoms with Crippen molar-refractivity contribution in [3.05, 3.63) is 52.1 Å². The van der Waals surface area contributed by atoms with Gasteiger partial charge in [-0.25, -0.2) is 4.39 Å². The summed E-state index contributed by atoms with van der Waals surface area (Å²) in [6, 6.07) is 4.49. The van der Waals surface area contributed by atoms with E-state index in [-0.39, 0.29) is 42.4 Å². The van der Waals surface area contributed by atoms with Gasteiger partial charge in [0, 0.05) is 49.7 Å². The van der Waals surface area contributed by atoms with Gasteiger partial charge in [0.25, 0.3) is 11.8 Å². The van der Waals surface area contributed by atoms with Gasteiger partial charge in [0.05, 0.1) is 16.8 Å². The number of amides is 2. The van der Waals surface area contributed by atoms with Crippen molar-refractivity contribution < 1.29 is 14.0 Å². The van der Waals surface area contributed by atoms with E-state index in [2.05, 4.69) is 21.8 Å². The zero-order valence-corrected chi connectivity index (χ0v) is 23.2. The molecular formula is C26H36Cl2FN5O2. The van der Waals surface area contributed by atoms with Gasteiger partial charge in [-0.05, 0) is 77.8 Å². The van der Waals surface area contributed by atoms with Crippen LogP contribution in [0.2, 0.25) is 0 Å². The fraction of sp³-hybridized carbons (Fsp3) is 0.462. The second kappa shape index (κ2) is 12.2. The number of hydrogen-bond donors (Lipinski definition) is 1. The maximum Gasteiger partial charge on any atom is 0.259 e. The van der Waals surface area contributed by atoms with Gasteiger partial charge >= 0.3 is 0 Å². The Morgan fingerprint density at radius 1 is 1.14 bits per heavy atom. The van der Waals surface area contributed by atoms with Crippen molar-refractivity contribution in [2.45, 2.75) is 20.3 Å². The highest BCUT2D eigenvalue weighted by atomic mass is 35.5. The van der Waals surface area contributed by atoms with Crippen LogP contribution in [0.25, 0.3) is 11.6 Å². The third kappa shape index (κ3) is 5.94. The molecule has 1 aromatic carbocycles. The highest BCUT2D eigenvalue weighted by Crippen LogP contribution is 2.39. The second-order valence-corrected chi connectivity index (χ2v) is 9.59. The third-order valence-electron chi connectivity index (χ3n) is 6.77. The molecule has 0 unspecified atom stereocenters. The first kappa shape index (κ1) is 29.8. The molecular weight excluding hydrogens is 504 g/mol. The minimum absolute atomic E-state index is 0. The van der Waals surface area contributed by atoms with Crippen LogP contribution < -0.4 is 4.90 Å². The molecule has 0 spiro atoms. The van der Waals surface area contributed by atoms with Gasteiger partial charge in [-0.3, -0.25) is 9.59 Å². The van der Waals surface area contributed by atoms with E-state index in [1.807, 2.05) is 32.8 Å². The van der Waals surface area contributed by atoms with Gasteiger partial charge in [0.15, 0.2) is 0 Å². The summed E-state index contributed by atoms with van der Waals surface area (Å²) in [7, 11) is 6.05. The van der Waals surface area contributed by atoms with Crippen molar-refractivity contribution in [3.8, 4) is 0 Å². The molecule has 0 aliphatic carbocycles. The molecule has 2 aliphatic rings. The quantitative estimate of drug-likeness (QED) is 0.566. The molecule has 0 radical (unpaired) electrons. The monoisotopic (exact) mass is 539 g/mol. The first-order chi connectivity index (χ1) is 16.2. The van der Waals surface area contributed by atoms with Crippen LogP contribution in [-0.2, 0) is 4.79 Å². The topological polar surface area (TPSA) is 62.9 Å².